The van der Waals surface area contributed by atoms with Crippen LogP contribution in [-0.2, 0) is 11.0 Å². The van der Waals surface area contributed by atoms with Crippen LogP contribution in [0.4, 0.5) is 13.2 Å². The molecule has 10 heteroatoms. The molecule has 30 heavy (non-hydrogen) atoms. The summed E-state index contributed by atoms with van der Waals surface area (Å²) in [5.74, 6) is -0.692. The first-order valence-electron chi connectivity index (χ1n) is 10.1. The average Bonchev–Trinajstić information content (AvgIpc) is 3.44. The van der Waals surface area contributed by atoms with E-state index in [1.165, 1.54) is 11.1 Å². The third-order valence-corrected chi connectivity index (χ3v) is 6.66. The molecule has 3 heterocycles. The van der Waals surface area contributed by atoms with Crippen molar-refractivity contribution in [3.05, 3.63) is 34.2 Å². The van der Waals surface area contributed by atoms with Gasteiger partial charge in [-0.15, -0.1) is 0 Å². The van der Waals surface area contributed by atoms with E-state index in [1.807, 2.05) is 0 Å². The fourth-order valence-corrected chi connectivity index (χ4v) is 4.47. The van der Waals surface area contributed by atoms with Crippen molar-refractivity contribution in [2.75, 3.05) is 19.6 Å². The van der Waals surface area contributed by atoms with Crippen molar-refractivity contribution in [2.24, 2.45) is 0 Å². The van der Waals surface area contributed by atoms with Crippen LogP contribution in [0.25, 0.3) is 5.65 Å². The molecule has 2 aromatic heterocycles. The lowest BCUT2D eigenvalue weighted by Crippen LogP contribution is -2.56. The van der Waals surface area contributed by atoms with Gasteiger partial charge in [0.15, 0.2) is 11.3 Å². The van der Waals surface area contributed by atoms with Gasteiger partial charge in [0, 0.05) is 25.3 Å². The van der Waals surface area contributed by atoms with Crippen molar-refractivity contribution in [1.82, 2.24) is 19.2 Å². The Morgan fingerprint density at radius 3 is 2.47 bits per heavy atom. The Hall–Kier alpha value is -2.29. The average molecular weight is 441 g/mol. The summed E-state index contributed by atoms with van der Waals surface area (Å²) in [6.07, 6.45) is 1.61. The van der Waals surface area contributed by atoms with E-state index in [-0.39, 0.29) is 40.9 Å². The monoisotopic (exact) mass is 440 g/mol. The molecule has 1 aliphatic heterocycles. The first-order chi connectivity index (χ1) is 14.2. The Balaban J connectivity index is 1.47. The standard InChI is InChI=1S/C20H20ClF3N4O2/c21-17-16(19(30)26-6-7-27(15(29)10-26)13-2-1-3-13)25-18-14(20(22,23)24)8-12(9-28(17)18)11-4-5-11/h8-9,11,13H,1-7,10H2. The predicted molar refractivity (Wildman–Crippen MR) is 102 cm³/mol. The third kappa shape index (κ3) is 3.23. The van der Waals surface area contributed by atoms with Gasteiger partial charge in [0.2, 0.25) is 5.91 Å². The molecule has 2 saturated carbocycles. The molecule has 1 saturated heterocycles. The van der Waals surface area contributed by atoms with Crippen LogP contribution in [-0.4, -0.2) is 56.7 Å². The highest BCUT2D eigenvalue weighted by Crippen LogP contribution is 2.43. The van der Waals surface area contributed by atoms with Gasteiger partial charge in [-0.2, -0.15) is 13.2 Å². The molecule has 160 valence electrons. The number of piperazine rings is 1. The highest BCUT2D eigenvalue weighted by molar-refractivity contribution is 6.33. The molecule has 0 unspecified atom stereocenters. The maximum atomic E-state index is 13.6. The molecule has 0 spiro atoms. The lowest BCUT2D eigenvalue weighted by molar-refractivity contribution is -0.139. The Kier molecular flexibility index (Phi) is 4.50. The molecule has 0 atom stereocenters. The molecule has 6 nitrogen and oxygen atoms in total. The number of carbonyl (C=O) groups excluding carboxylic acids is 2. The molecule has 2 aliphatic carbocycles. The van der Waals surface area contributed by atoms with Crippen LogP contribution in [0.2, 0.25) is 5.15 Å². The highest BCUT2D eigenvalue weighted by Gasteiger charge is 2.39. The van der Waals surface area contributed by atoms with Crippen molar-refractivity contribution in [1.29, 1.82) is 0 Å². The second kappa shape index (κ2) is 6.87. The van der Waals surface area contributed by atoms with Crippen molar-refractivity contribution >= 4 is 29.1 Å². The zero-order valence-electron chi connectivity index (χ0n) is 16.1. The van der Waals surface area contributed by atoms with Crippen LogP contribution >= 0.6 is 11.6 Å². The number of hydrogen-bond acceptors (Lipinski definition) is 3. The Labute approximate surface area is 175 Å². The van der Waals surface area contributed by atoms with E-state index < -0.39 is 17.6 Å². The van der Waals surface area contributed by atoms with Gasteiger partial charge in [0.05, 0.1) is 5.56 Å². The number of amides is 2. The normalized spacial score (nSPS) is 20.7. The number of rotatable bonds is 3. The van der Waals surface area contributed by atoms with E-state index in [1.54, 1.807) is 4.90 Å². The number of pyridine rings is 1. The Morgan fingerprint density at radius 2 is 1.90 bits per heavy atom. The summed E-state index contributed by atoms with van der Waals surface area (Å²) in [6, 6.07) is 1.34. The van der Waals surface area contributed by atoms with Crippen molar-refractivity contribution in [3.63, 3.8) is 0 Å². The van der Waals surface area contributed by atoms with Crippen LogP contribution in [0.15, 0.2) is 12.3 Å². The summed E-state index contributed by atoms with van der Waals surface area (Å²) in [5.41, 5.74) is -1.00. The van der Waals surface area contributed by atoms with Gasteiger partial charge >= 0.3 is 6.18 Å². The minimum absolute atomic E-state index is 0.0744. The quantitative estimate of drug-likeness (QED) is 0.731. The van der Waals surface area contributed by atoms with Crippen molar-refractivity contribution in [2.45, 2.75) is 50.2 Å². The molecule has 5 rings (SSSR count). The fraction of sp³-hybridized carbons (Fsp3) is 0.550. The number of fused-ring (bicyclic) bond motifs is 1. The van der Waals surface area contributed by atoms with E-state index in [0.29, 0.717) is 18.7 Å². The van der Waals surface area contributed by atoms with Gasteiger partial charge in [-0.1, -0.05) is 11.6 Å². The maximum Gasteiger partial charge on any atom is 0.419 e. The second-order valence-corrected chi connectivity index (χ2v) is 8.66. The summed E-state index contributed by atoms with van der Waals surface area (Å²) in [6.45, 7) is 0.615. The van der Waals surface area contributed by atoms with Gasteiger partial charge in [-0.25, -0.2) is 4.98 Å². The lowest BCUT2D eigenvalue weighted by atomic mass is 9.91. The molecule has 2 amide bonds. The van der Waals surface area contributed by atoms with Gasteiger partial charge in [-0.05, 0) is 49.7 Å². The molecule has 0 aromatic carbocycles. The molecule has 2 aromatic rings. The van der Waals surface area contributed by atoms with Gasteiger partial charge < -0.3 is 9.80 Å². The molecule has 3 fully saturated rings. The zero-order chi connectivity index (χ0) is 21.2. The van der Waals surface area contributed by atoms with Crippen LogP contribution in [0.1, 0.15) is 59.6 Å². The van der Waals surface area contributed by atoms with Gasteiger partial charge in [0.25, 0.3) is 5.91 Å². The number of nitrogens with zero attached hydrogens (tertiary/aromatic N) is 4. The molecular formula is C20H20ClF3N4O2. The predicted octanol–water partition coefficient (Wildman–Crippen LogP) is 3.72. The molecule has 0 radical (unpaired) electrons. The number of aromatic nitrogens is 2. The number of halogens is 4. The Bertz CT molecular complexity index is 1040. The highest BCUT2D eigenvalue weighted by atomic mass is 35.5. The molecule has 0 N–H and O–H groups in total. The third-order valence-electron chi connectivity index (χ3n) is 6.30. The van der Waals surface area contributed by atoms with Crippen LogP contribution in [0.5, 0.6) is 0 Å². The summed E-state index contributed by atoms with van der Waals surface area (Å²) < 4.78 is 42.1. The number of carbonyl (C=O) groups is 2. The van der Waals surface area contributed by atoms with E-state index in [2.05, 4.69) is 4.98 Å². The van der Waals surface area contributed by atoms with Crippen molar-refractivity contribution in [3.8, 4) is 0 Å². The fourth-order valence-electron chi connectivity index (χ4n) is 4.22. The summed E-state index contributed by atoms with van der Waals surface area (Å²) in [5, 5.41) is -0.156. The van der Waals surface area contributed by atoms with Gasteiger partial charge in [0.1, 0.15) is 11.7 Å². The second-order valence-electron chi connectivity index (χ2n) is 8.30. The lowest BCUT2D eigenvalue weighted by Gasteiger charge is -2.42. The number of imidazole rings is 1. The maximum absolute atomic E-state index is 13.6. The topological polar surface area (TPSA) is 57.9 Å². The summed E-state index contributed by atoms with van der Waals surface area (Å²) in [7, 11) is 0. The zero-order valence-corrected chi connectivity index (χ0v) is 16.8. The summed E-state index contributed by atoms with van der Waals surface area (Å²) >= 11 is 6.33. The van der Waals surface area contributed by atoms with Crippen molar-refractivity contribution < 1.29 is 22.8 Å². The van der Waals surface area contributed by atoms with E-state index in [0.717, 1.165) is 42.6 Å². The molecular weight excluding hydrogens is 421 g/mol. The first-order valence-corrected chi connectivity index (χ1v) is 10.5. The first kappa shape index (κ1) is 19.7. The Morgan fingerprint density at radius 1 is 1.17 bits per heavy atom. The van der Waals surface area contributed by atoms with E-state index >= 15 is 0 Å². The number of hydrogen-bond donors (Lipinski definition) is 0. The van der Waals surface area contributed by atoms with Crippen LogP contribution < -0.4 is 0 Å². The molecule has 0 bridgehead atoms. The van der Waals surface area contributed by atoms with Crippen LogP contribution in [0, 0.1) is 0 Å². The number of alkyl halides is 3. The van der Waals surface area contributed by atoms with E-state index in [4.69, 9.17) is 11.6 Å². The molecule has 3 aliphatic rings. The minimum Gasteiger partial charge on any atom is -0.336 e. The van der Waals surface area contributed by atoms with Gasteiger partial charge in [-0.3, -0.25) is 14.0 Å². The minimum atomic E-state index is -4.62. The largest absolute Gasteiger partial charge is 0.419 e. The summed E-state index contributed by atoms with van der Waals surface area (Å²) in [4.78, 5) is 32.6. The SMILES string of the molecule is O=C(c1nc2c(C(F)(F)F)cc(C3CC3)cn2c1Cl)N1CCN(C2CCC2)C(=O)C1. The van der Waals surface area contributed by atoms with Crippen LogP contribution in [0.3, 0.4) is 0 Å². The smallest absolute Gasteiger partial charge is 0.336 e. The van der Waals surface area contributed by atoms with E-state index in [9.17, 15) is 22.8 Å².